The summed E-state index contributed by atoms with van der Waals surface area (Å²) in [5.41, 5.74) is 0.686. The van der Waals surface area contributed by atoms with Crippen LogP contribution in [0.1, 0.15) is 30.8 Å². The van der Waals surface area contributed by atoms with Crippen LogP contribution in [0.4, 0.5) is 8.78 Å². The molecule has 38 heavy (non-hydrogen) atoms. The van der Waals surface area contributed by atoms with Gasteiger partial charge in [0.2, 0.25) is 5.91 Å². The summed E-state index contributed by atoms with van der Waals surface area (Å²) in [6, 6.07) is 11.0. The molecule has 0 saturated carbocycles. The van der Waals surface area contributed by atoms with Crippen molar-refractivity contribution >= 4 is 34.5 Å². The van der Waals surface area contributed by atoms with Crippen LogP contribution in [-0.2, 0) is 19.1 Å². The van der Waals surface area contributed by atoms with Crippen LogP contribution >= 0.6 is 0 Å². The molecule has 0 unspecified atom stereocenters. The zero-order valence-electron chi connectivity index (χ0n) is 21.0. The first-order chi connectivity index (χ1) is 18.1. The number of hydrogen-bond acceptors (Lipinski definition) is 7. The third-order valence-corrected chi connectivity index (χ3v) is 5.65. The minimum Gasteiger partial charge on any atom is -0.480 e. The van der Waals surface area contributed by atoms with Gasteiger partial charge in [0, 0.05) is 5.39 Å². The maximum atomic E-state index is 13.9. The molecule has 200 valence electrons. The minimum atomic E-state index is -1.44. The number of ether oxygens (including phenoxy) is 2. The Balaban J connectivity index is 1.73. The number of nitrogens with one attached hydrogen (secondary N) is 2. The van der Waals surface area contributed by atoms with E-state index in [2.05, 4.69) is 20.4 Å². The predicted molar refractivity (Wildman–Crippen MR) is 133 cm³/mol. The van der Waals surface area contributed by atoms with Crippen LogP contribution in [0.3, 0.4) is 0 Å². The van der Waals surface area contributed by atoms with E-state index >= 15 is 0 Å². The quantitative estimate of drug-likeness (QED) is 0.368. The Morgan fingerprint density at radius 1 is 0.921 bits per heavy atom. The van der Waals surface area contributed by atoms with E-state index in [1.54, 1.807) is 32.0 Å². The van der Waals surface area contributed by atoms with Crippen LogP contribution < -0.4 is 15.4 Å². The summed E-state index contributed by atoms with van der Waals surface area (Å²) in [5.74, 6) is -6.24. The lowest BCUT2D eigenvalue weighted by Gasteiger charge is -2.24. The average Bonchev–Trinajstić information content (AvgIpc) is 2.90. The molecule has 2 N–H and O–H groups in total. The van der Waals surface area contributed by atoms with E-state index in [0.29, 0.717) is 5.52 Å². The highest BCUT2D eigenvalue weighted by Crippen LogP contribution is 2.21. The fourth-order valence-corrected chi connectivity index (χ4v) is 3.56. The predicted octanol–water partition coefficient (Wildman–Crippen LogP) is 2.96. The zero-order valence-corrected chi connectivity index (χ0v) is 21.0. The molecule has 0 saturated heterocycles. The third kappa shape index (κ3) is 7.09. The van der Waals surface area contributed by atoms with Gasteiger partial charge in [-0.3, -0.25) is 19.2 Å². The number of carbonyl (C=O) groups excluding carboxylic acids is 4. The molecule has 2 aromatic carbocycles. The molecule has 0 aliphatic heterocycles. The average molecular weight is 528 g/mol. The minimum absolute atomic E-state index is 0.0876. The molecule has 1 aromatic heterocycles. The Kier molecular flexibility index (Phi) is 9.42. The van der Waals surface area contributed by atoms with Gasteiger partial charge in [-0.25, -0.2) is 13.8 Å². The smallest absolute Gasteiger partial charge is 0.308 e. The number of nitrogens with zero attached hydrogens (tertiary/aromatic N) is 1. The molecular formula is C27H27F2N3O6. The van der Waals surface area contributed by atoms with E-state index in [4.69, 9.17) is 4.74 Å². The highest BCUT2D eigenvalue weighted by Gasteiger charge is 2.31. The van der Waals surface area contributed by atoms with Gasteiger partial charge in [-0.15, -0.1) is 0 Å². The molecule has 3 rings (SSSR count). The van der Waals surface area contributed by atoms with E-state index < -0.39 is 72.0 Å². The molecule has 9 nitrogen and oxygen atoms in total. The first kappa shape index (κ1) is 28.2. The van der Waals surface area contributed by atoms with Gasteiger partial charge in [0.1, 0.15) is 24.4 Å². The standard InChI is InChI=1S/C27H27F2N3O6/c1-15(2)24(32-26(35)20-12-11-16-7-4-5-10-19(16)30-20)27(36)31-21(13-23(34)37-3)22(33)14-38-25-17(28)8-6-9-18(25)29/h4-12,15,21,24H,13-14H2,1-3H3,(H,31,36)(H,32,35)/t21-,24-/m0/s1. The summed E-state index contributed by atoms with van der Waals surface area (Å²) in [6.45, 7) is 2.53. The summed E-state index contributed by atoms with van der Waals surface area (Å²) in [5, 5.41) is 5.87. The summed E-state index contributed by atoms with van der Waals surface area (Å²) >= 11 is 0. The second-order valence-electron chi connectivity index (χ2n) is 8.73. The SMILES string of the molecule is COC(=O)C[C@H](NC(=O)[C@@H](NC(=O)c1ccc2ccccc2n1)C(C)C)C(=O)COc1c(F)cccc1F. The van der Waals surface area contributed by atoms with Gasteiger partial charge in [-0.1, -0.05) is 44.2 Å². The molecule has 2 amide bonds. The summed E-state index contributed by atoms with van der Waals surface area (Å²) in [6.07, 6.45) is -0.560. The molecule has 0 fully saturated rings. The number of esters is 1. The second kappa shape index (κ2) is 12.7. The Labute approximate surface area is 217 Å². The van der Waals surface area contributed by atoms with Crippen molar-refractivity contribution in [3.63, 3.8) is 0 Å². The highest BCUT2D eigenvalue weighted by molar-refractivity contribution is 5.99. The van der Waals surface area contributed by atoms with Crippen molar-refractivity contribution in [2.75, 3.05) is 13.7 Å². The van der Waals surface area contributed by atoms with Crippen LogP contribution in [0.2, 0.25) is 0 Å². The third-order valence-electron chi connectivity index (χ3n) is 5.65. The second-order valence-corrected chi connectivity index (χ2v) is 8.73. The molecule has 2 atom stereocenters. The lowest BCUT2D eigenvalue weighted by Crippen LogP contribution is -2.54. The van der Waals surface area contributed by atoms with E-state index in [-0.39, 0.29) is 5.69 Å². The highest BCUT2D eigenvalue weighted by atomic mass is 19.1. The largest absolute Gasteiger partial charge is 0.480 e. The molecule has 0 bridgehead atoms. The summed E-state index contributed by atoms with van der Waals surface area (Å²) < 4.78 is 37.3. The molecule has 0 aliphatic rings. The van der Waals surface area contributed by atoms with Crippen molar-refractivity contribution in [3.8, 4) is 5.75 Å². The molecule has 11 heteroatoms. The maximum Gasteiger partial charge on any atom is 0.308 e. The number of halogens is 2. The van der Waals surface area contributed by atoms with Crippen LogP contribution in [0.25, 0.3) is 10.9 Å². The van der Waals surface area contributed by atoms with Gasteiger partial charge in [0.25, 0.3) is 5.91 Å². The Morgan fingerprint density at radius 2 is 1.61 bits per heavy atom. The van der Waals surface area contributed by atoms with Gasteiger partial charge in [0.15, 0.2) is 23.2 Å². The monoisotopic (exact) mass is 527 g/mol. The van der Waals surface area contributed by atoms with E-state index in [0.717, 1.165) is 30.7 Å². The fraction of sp³-hybridized carbons (Fsp3) is 0.296. The number of Topliss-reactive ketones (excluding diaryl/α,β-unsaturated/α-hetero) is 1. The number of ketones is 1. The number of benzene rings is 2. The summed E-state index contributed by atoms with van der Waals surface area (Å²) in [4.78, 5) is 55.0. The van der Waals surface area contributed by atoms with Crippen molar-refractivity contribution in [2.24, 2.45) is 5.92 Å². The zero-order chi connectivity index (χ0) is 27.8. The molecule has 0 spiro atoms. The number of pyridine rings is 1. The summed E-state index contributed by atoms with van der Waals surface area (Å²) in [7, 11) is 1.10. The lowest BCUT2D eigenvalue weighted by molar-refractivity contribution is -0.143. The van der Waals surface area contributed by atoms with Gasteiger partial charge < -0.3 is 20.1 Å². The van der Waals surface area contributed by atoms with Crippen molar-refractivity contribution in [1.82, 2.24) is 15.6 Å². The van der Waals surface area contributed by atoms with Crippen LogP contribution in [-0.4, -0.2) is 54.4 Å². The number of fused-ring (bicyclic) bond motifs is 1. The number of carbonyl (C=O) groups is 4. The number of rotatable bonds is 11. The van der Waals surface area contributed by atoms with Gasteiger partial charge in [-0.2, -0.15) is 0 Å². The fourth-order valence-electron chi connectivity index (χ4n) is 3.56. The topological polar surface area (TPSA) is 124 Å². The Hall–Kier alpha value is -4.41. The number of para-hydroxylation sites is 2. The maximum absolute atomic E-state index is 13.9. The number of aromatic nitrogens is 1. The number of methoxy groups -OCH3 is 1. The van der Waals surface area contributed by atoms with E-state index in [9.17, 15) is 28.0 Å². The first-order valence-electron chi connectivity index (χ1n) is 11.7. The first-order valence-corrected chi connectivity index (χ1v) is 11.7. The van der Waals surface area contributed by atoms with E-state index in [1.807, 2.05) is 12.1 Å². The molecule has 0 radical (unpaired) electrons. The normalized spacial score (nSPS) is 12.5. The Morgan fingerprint density at radius 3 is 2.26 bits per heavy atom. The molecular weight excluding hydrogens is 500 g/mol. The van der Waals surface area contributed by atoms with Crippen molar-refractivity contribution in [1.29, 1.82) is 0 Å². The number of amides is 2. The van der Waals surface area contributed by atoms with E-state index in [1.165, 1.54) is 6.07 Å². The van der Waals surface area contributed by atoms with Crippen LogP contribution in [0.15, 0.2) is 54.6 Å². The van der Waals surface area contributed by atoms with Crippen LogP contribution in [0, 0.1) is 17.6 Å². The van der Waals surface area contributed by atoms with Gasteiger partial charge >= 0.3 is 5.97 Å². The lowest BCUT2D eigenvalue weighted by atomic mass is 10.0. The number of hydrogen-bond donors (Lipinski definition) is 2. The van der Waals surface area contributed by atoms with Gasteiger partial charge in [0.05, 0.1) is 19.0 Å². The molecule has 3 aromatic rings. The van der Waals surface area contributed by atoms with Crippen molar-refractivity contribution in [3.05, 3.63) is 71.9 Å². The molecule has 1 heterocycles. The Bertz CT molecular complexity index is 1330. The van der Waals surface area contributed by atoms with Crippen LogP contribution in [0.5, 0.6) is 5.75 Å². The van der Waals surface area contributed by atoms with Crippen molar-refractivity contribution < 1.29 is 37.4 Å². The van der Waals surface area contributed by atoms with Gasteiger partial charge in [-0.05, 0) is 30.2 Å². The van der Waals surface area contributed by atoms with Crippen molar-refractivity contribution in [2.45, 2.75) is 32.4 Å². The molecule has 0 aliphatic carbocycles.